The van der Waals surface area contributed by atoms with Crippen LogP contribution in [0.5, 0.6) is 0 Å². The highest BCUT2D eigenvalue weighted by Gasteiger charge is 2.11. The first-order chi connectivity index (χ1) is 9.58. The summed E-state index contributed by atoms with van der Waals surface area (Å²) in [7, 11) is 0. The fourth-order valence-corrected chi connectivity index (χ4v) is 1.66. The lowest BCUT2D eigenvalue weighted by Gasteiger charge is -2.20. The number of carboxylic acid groups (broad SMARTS) is 1. The van der Waals surface area contributed by atoms with Gasteiger partial charge in [-0.1, -0.05) is 18.2 Å². The molecule has 6 nitrogen and oxygen atoms in total. The van der Waals surface area contributed by atoms with Crippen LogP contribution in [0.1, 0.15) is 15.9 Å². The van der Waals surface area contributed by atoms with Crippen molar-refractivity contribution in [1.29, 1.82) is 0 Å². The lowest BCUT2D eigenvalue weighted by Crippen LogP contribution is -2.41. The second kappa shape index (κ2) is 7.96. The van der Waals surface area contributed by atoms with E-state index >= 15 is 0 Å². The highest BCUT2D eigenvalue weighted by molar-refractivity contribution is 5.87. The molecule has 0 spiro atoms. The van der Waals surface area contributed by atoms with E-state index in [-0.39, 0.29) is 31.3 Å². The average Bonchev–Trinajstić information content (AvgIpc) is 2.45. The number of carboxylic acids is 1. The molecule has 1 rings (SSSR count). The molecular weight excluding hydrogens is 260 g/mol. The first-order valence-electron chi connectivity index (χ1n) is 6.15. The van der Waals surface area contributed by atoms with E-state index in [9.17, 15) is 9.59 Å². The third-order valence-electron chi connectivity index (χ3n) is 2.62. The van der Waals surface area contributed by atoms with Gasteiger partial charge in [-0.25, -0.2) is 9.59 Å². The Bertz CT molecular complexity index is 488. The van der Waals surface area contributed by atoms with E-state index in [4.69, 9.17) is 10.2 Å². The van der Waals surface area contributed by atoms with E-state index in [1.807, 2.05) is 0 Å². The lowest BCUT2D eigenvalue weighted by molar-refractivity contribution is 0.0696. The Balaban J connectivity index is 2.61. The molecule has 0 saturated heterocycles. The number of urea groups is 1. The van der Waals surface area contributed by atoms with Crippen LogP contribution in [0.25, 0.3) is 0 Å². The number of hydrogen-bond acceptors (Lipinski definition) is 3. The molecule has 1 aromatic carbocycles. The molecule has 0 unspecified atom stereocenters. The molecule has 20 heavy (non-hydrogen) atoms. The quantitative estimate of drug-likeness (QED) is 0.651. The predicted molar refractivity (Wildman–Crippen MR) is 74.5 cm³/mol. The maximum atomic E-state index is 11.9. The normalized spacial score (nSPS) is 9.85. The van der Waals surface area contributed by atoms with Crippen LogP contribution in [0.15, 0.2) is 36.9 Å². The third kappa shape index (κ3) is 4.74. The van der Waals surface area contributed by atoms with Gasteiger partial charge in [0.25, 0.3) is 0 Å². The molecule has 2 amide bonds. The second-order valence-electron chi connectivity index (χ2n) is 4.12. The van der Waals surface area contributed by atoms with Crippen LogP contribution >= 0.6 is 0 Å². The van der Waals surface area contributed by atoms with Gasteiger partial charge in [0.2, 0.25) is 0 Å². The maximum absolute atomic E-state index is 11.9. The van der Waals surface area contributed by atoms with Crippen LogP contribution in [0, 0.1) is 0 Å². The van der Waals surface area contributed by atoms with E-state index in [2.05, 4.69) is 11.9 Å². The molecular formula is C14H18N2O4. The van der Waals surface area contributed by atoms with E-state index < -0.39 is 5.97 Å². The third-order valence-corrected chi connectivity index (χ3v) is 2.62. The van der Waals surface area contributed by atoms with Crippen LogP contribution < -0.4 is 5.32 Å². The van der Waals surface area contributed by atoms with Crippen molar-refractivity contribution in [2.45, 2.75) is 6.54 Å². The zero-order valence-electron chi connectivity index (χ0n) is 11.1. The Kier molecular flexibility index (Phi) is 6.25. The Labute approximate surface area is 117 Å². The number of carbonyl (C=O) groups is 2. The van der Waals surface area contributed by atoms with Gasteiger partial charge in [-0.05, 0) is 17.7 Å². The largest absolute Gasteiger partial charge is 0.478 e. The molecule has 0 saturated carbocycles. The highest BCUT2D eigenvalue weighted by atomic mass is 16.4. The van der Waals surface area contributed by atoms with Gasteiger partial charge in [0.05, 0.1) is 12.2 Å². The van der Waals surface area contributed by atoms with Crippen molar-refractivity contribution in [1.82, 2.24) is 10.2 Å². The van der Waals surface area contributed by atoms with Crippen molar-refractivity contribution < 1.29 is 19.8 Å². The number of nitrogens with zero attached hydrogens (tertiary/aromatic N) is 1. The molecule has 0 atom stereocenters. The SMILES string of the molecule is C=CCN(CCO)C(=O)NCc1cccc(C(=O)O)c1. The van der Waals surface area contributed by atoms with Crippen molar-refractivity contribution in [3.63, 3.8) is 0 Å². The van der Waals surface area contributed by atoms with Gasteiger partial charge in [0, 0.05) is 19.6 Å². The number of benzene rings is 1. The standard InChI is InChI=1S/C14H18N2O4/c1-2-6-16(7-8-17)14(20)15-10-11-4-3-5-12(9-11)13(18)19/h2-5,9,17H,1,6-8,10H2,(H,15,20)(H,18,19). The maximum Gasteiger partial charge on any atom is 0.335 e. The minimum absolute atomic E-state index is 0.129. The van der Waals surface area contributed by atoms with Crippen LogP contribution in [-0.2, 0) is 6.54 Å². The van der Waals surface area contributed by atoms with E-state index in [1.54, 1.807) is 18.2 Å². The Morgan fingerprint density at radius 1 is 1.40 bits per heavy atom. The molecule has 0 fully saturated rings. The summed E-state index contributed by atoms with van der Waals surface area (Å²) in [4.78, 5) is 24.1. The minimum Gasteiger partial charge on any atom is -0.478 e. The summed E-state index contributed by atoms with van der Waals surface area (Å²) in [6.07, 6.45) is 1.57. The van der Waals surface area contributed by atoms with Crippen molar-refractivity contribution in [2.24, 2.45) is 0 Å². The molecule has 0 aliphatic heterocycles. The zero-order valence-corrected chi connectivity index (χ0v) is 11.1. The number of rotatable bonds is 7. The fraction of sp³-hybridized carbons (Fsp3) is 0.286. The van der Waals surface area contributed by atoms with Crippen LogP contribution in [0.2, 0.25) is 0 Å². The Hall–Kier alpha value is -2.34. The molecule has 0 radical (unpaired) electrons. The Morgan fingerprint density at radius 3 is 2.75 bits per heavy atom. The molecule has 6 heteroatoms. The van der Waals surface area contributed by atoms with Gasteiger partial charge in [-0.15, -0.1) is 6.58 Å². The summed E-state index contributed by atoms with van der Waals surface area (Å²) in [5, 5.41) is 20.4. The van der Waals surface area contributed by atoms with Gasteiger partial charge in [-0.3, -0.25) is 0 Å². The van der Waals surface area contributed by atoms with Crippen molar-refractivity contribution >= 4 is 12.0 Å². The van der Waals surface area contributed by atoms with Gasteiger partial charge in [0.15, 0.2) is 0 Å². The molecule has 0 aliphatic rings. The molecule has 0 aliphatic carbocycles. The van der Waals surface area contributed by atoms with Crippen LogP contribution in [-0.4, -0.2) is 46.8 Å². The van der Waals surface area contributed by atoms with E-state index in [1.165, 1.54) is 17.0 Å². The lowest BCUT2D eigenvalue weighted by atomic mass is 10.1. The number of amides is 2. The topological polar surface area (TPSA) is 89.9 Å². The molecule has 0 aromatic heterocycles. The monoisotopic (exact) mass is 278 g/mol. The van der Waals surface area contributed by atoms with Gasteiger partial charge in [-0.2, -0.15) is 0 Å². The summed E-state index contributed by atoms with van der Waals surface area (Å²) in [6, 6.07) is 6.02. The van der Waals surface area contributed by atoms with Crippen molar-refractivity contribution in [2.75, 3.05) is 19.7 Å². The highest BCUT2D eigenvalue weighted by Crippen LogP contribution is 2.05. The zero-order chi connectivity index (χ0) is 15.0. The van der Waals surface area contributed by atoms with Gasteiger partial charge < -0.3 is 20.4 Å². The number of hydrogen-bond donors (Lipinski definition) is 3. The summed E-state index contributed by atoms with van der Waals surface area (Å²) >= 11 is 0. The smallest absolute Gasteiger partial charge is 0.335 e. The van der Waals surface area contributed by atoms with Crippen molar-refractivity contribution in [3.05, 3.63) is 48.0 Å². The molecule has 3 N–H and O–H groups in total. The molecule has 0 heterocycles. The minimum atomic E-state index is -1.01. The number of carbonyl (C=O) groups excluding carboxylic acids is 1. The van der Waals surface area contributed by atoms with Crippen LogP contribution in [0.3, 0.4) is 0 Å². The number of nitrogens with one attached hydrogen (secondary N) is 1. The van der Waals surface area contributed by atoms with E-state index in [0.717, 1.165) is 0 Å². The average molecular weight is 278 g/mol. The molecule has 0 bridgehead atoms. The summed E-state index contributed by atoms with van der Waals surface area (Å²) in [5.74, 6) is -1.01. The number of aliphatic hydroxyl groups excluding tert-OH is 1. The molecule has 108 valence electrons. The first-order valence-corrected chi connectivity index (χ1v) is 6.15. The summed E-state index contributed by atoms with van der Waals surface area (Å²) in [6.45, 7) is 4.19. The Morgan fingerprint density at radius 2 is 2.15 bits per heavy atom. The van der Waals surface area contributed by atoms with E-state index in [0.29, 0.717) is 12.1 Å². The predicted octanol–water partition coefficient (Wildman–Crippen LogP) is 1.07. The first kappa shape index (κ1) is 15.7. The van der Waals surface area contributed by atoms with Crippen molar-refractivity contribution in [3.8, 4) is 0 Å². The number of aromatic carboxylic acids is 1. The summed E-state index contributed by atoms with van der Waals surface area (Å²) < 4.78 is 0. The fourth-order valence-electron chi connectivity index (χ4n) is 1.66. The molecule has 1 aromatic rings. The number of aliphatic hydroxyl groups is 1. The summed E-state index contributed by atoms with van der Waals surface area (Å²) in [5.41, 5.74) is 0.871. The second-order valence-corrected chi connectivity index (χ2v) is 4.12. The van der Waals surface area contributed by atoms with Gasteiger partial charge >= 0.3 is 12.0 Å². The van der Waals surface area contributed by atoms with Gasteiger partial charge in [0.1, 0.15) is 0 Å². The van der Waals surface area contributed by atoms with Crippen LogP contribution in [0.4, 0.5) is 4.79 Å².